The van der Waals surface area contributed by atoms with Gasteiger partial charge in [-0.05, 0) is 19.9 Å². The average Bonchev–Trinajstić information content (AvgIpc) is 2.71. The highest BCUT2D eigenvalue weighted by atomic mass is 32.1. The zero-order valence-corrected chi connectivity index (χ0v) is 11.8. The van der Waals surface area contributed by atoms with E-state index in [1.54, 1.807) is 12.1 Å². The molecule has 4 nitrogen and oxygen atoms in total. The van der Waals surface area contributed by atoms with E-state index in [2.05, 4.69) is 10.4 Å². The Balaban J connectivity index is 2.45. The molecule has 0 aliphatic rings. The first-order valence-corrected chi connectivity index (χ1v) is 6.62. The third-order valence-corrected chi connectivity index (χ3v) is 4.02. The van der Waals surface area contributed by atoms with Gasteiger partial charge in [0.15, 0.2) is 0 Å². The van der Waals surface area contributed by atoms with Gasteiger partial charge in [-0.2, -0.15) is 0 Å². The zero-order chi connectivity index (χ0) is 14.0. The second kappa shape index (κ2) is 5.64. The largest absolute Gasteiger partial charge is 0.497 e. The molecule has 0 spiro atoms. The number of nitrogens with two attached hydrogens (primary N) is 1. The summed E-state index contributed by atoms with van der Waals surface area (Å²) in [5.41, 5.74) is 4.00. The van der Waals surface area contributed by atoms with Gasteiger partial charge in [-0.15, -0.1) is 11.3 Å². The second-order valence-corrected chi connectivity index (χ2v) is 5.40. The van der Waals surface area contributed by atoms with Gasteiger partial charge in [-0.25, -0.2) is 14.8 Å². The Bertz CT molecular complexity index is 585. The highest BCUT2D eigenvalue weighted by molar-refractivity contribution is 7.11. The van der Waals surface area contributed by atoms with Crippen molar-refractivity contribution < 1.29 is 9.13 Å². The van der Waals surface area contributed by atoms with E-state index in [9.17, 15) is 4.39 Å². The Kier molecular flexibility index (Phi) is 4.14. The molecule has 6 heteroatoms. The van der Waals surface area contributed by atoms with Crippen LogP contribution in [0.25, 0.3) is 0 Å². The van der Waals surface area contributed by atoms with Gasteiger partial charge in [0.2, 0.25) is 0 Å². The lowest BCUT2D eigenvalue weighted by Gasteiger charge is -2.16. The number of hydrogen-bond donors (Lipinski definition) is 2. The van der Waals surface area contributed by atoms with Crippen LogP contribution in [-0.2, 0) is 0 Å². The number of thiazole rings is 1. The van der Waals surface area contributed by atoms with Gasteiger partial charge in [0.05, 0.1) is 28.7 Å². The fourth-order valence-electron chi connectivity index (χ4n) is 1.99. The van der Waals surface area contributed by atoms with E-state index in [0.29, 0.717) is 11.3 Å². The molecule has 0 amide bonds. The van der Waals surface area contributed by atoms with Crippen molar-refractivity contribution in [3.05, 3.63) is 45.2 Å². The van der Waals surface area contributed by atoms with E-state index in [-0.39, 0.29) is 5.82 Å². The molecule has 1 atom stereocenters. The Morgan fingerprint density at radius 2 is 2.16 bits per heavy atom. The molecule has 0 saturated heterocycles. The fourth-order valence-corrected chi connectivity index (χ4v) is 3.00. The van der Waals surface area contributed by atoms with E-state index >= 15 is 0 Å². The summed E-state index contributed by atoms with van der Waals surface area (Å²) in [5, 5.41) is 0.932. The molecule has 2 aromatic rings. The van der Waals surface area contributed by atoms with Crippen LogP contribution in [0.5, 0.6) is 5.75 Å². The maximum Gasteiger partial charge on any atom is 0.132 e. The number of hydrogen-bond acceptors (Lipinski definition) is 5. The highest BCUT2D eigenvalue weighted by Crippen LogP contribution is 2.31. The SMILES string of the molecule is COc1ccc(C(NN)c2sc(C)nc2C)c(F)c1. The number of aryl methyl sites for hydroxylation is 2. The summed E-state index contributed by atoms with van der Waals surface area (Å²) in [7, 11) is 1.50. The Morgan fingerprint density at radius 3 is 2.63 bits per heavy atom. The summed E-state index contributed by atoms with van der Waals surface area (Å²) in [5.74, 6) is 5.71. The predicted molar refractivity (Wildman–Crippen MR) is 73.7 cm³/mol. The van der Waals surface area contributed by atoms with E-state index in [0.717, 1.165) is 15.6 Å². The van der Waals surface area contributed by atoms with Crippen LogP contribution in [0.2, 0.25) is 0 Å². The van der Waals surface area contributed by atoms with Crippen molar-refractivity contribution in [2.24, 2.45) is 5.84 Å². The van der Waals surface area contributed by atoms with Gasteiger partial charge in [0, 0.05) is 11.6 Å². The third-order valence-electron chi connectivity index (χ3n) is 2.89. The first-order valence-electron chi connectivity index (χ1n) is 5.80. The fraction of sp³-hybridized carbons (Fsp3) is 0.308. The molecule has 19 heavy (non-hydrogen) atoms. The van der Waals surface area contributed by atoms with Crippen LogP contribution >= 0.6 is 11.3 Å². The number of aromatic nitrogens is 1. The first kappa shape index (κ1) is 13.9. The summed E-state index contributed by atoms with van der Waals surface area (Å²) in [4.78, 5) is 5.27. The normalized spacial score (nSPS) is 12.5. The summed E-state index contributed by atoms with van der Waals surface area (Å²) in [6.07, 6.45) is 0. The van der Waals surface area contributed by atoms with Crippen molar-refractivity contribution >= 4 is 11.3 Å². The Hall–Kier alpha value is -1.50. The van der Waals surface area contributed by atoms with Gasteiger partial charge < -0.3 is 4.74 Å². The van der Waals surface area contributed by atoms with E-state index in [1.165, 1.54) is 24.5 Å². The average molecular weight is 281 g/mol. The molecule has 1 aromatic heterocycles. The molecule has 0 bridgehead atoms. The van der Waals surface area contributed by atoms with Crippen molar-refractivity contribution in [2.75, 3.05) is 7.11 Å². The van der Waals surface area contributed by atoms with Crippen molar-refractivity contribution in [1.29, 1.82) is 0 Å². The van der Waals surface area contributed by atoms with Crippen molar-refractivity contribution in [2.45, 2.75) is 19.9 Å². The van der Waals surface area contributed by atoms with Gasteiger partial charge in [0.25, 0.3) is 0 Å². The van der Waals surface area contributed by atoms with Gasteiger partial charge in [-0.3, -0.25) is 5.84 Å². The molecule has 0 aliphatic heterocycles. The van der Waals surface area contributed by atoms with Crippen LogP contribution in [0, 0.1) is 19.7 Å². The smallest absolute Gasteiger partial charge is 0.132 e. The quantitative estimate of drug-likeness (QED) is 0.667. The van der Waals surface area contributed by atoms with Crippen LogP contribution in [0.15, 0.2) is 18.2 Å². The van der Waals surface area contributed by atoms with Crippen LogP contribution < -0.4 is 16.0 Å². The number of nitrogens with zero attached hydrogens (tertiary/aromatic N) is 1. The van der Waals surface area contributed by atoms with Crippen molar-refractivity contribution in [1.82, 2.24) is 10.4 Å². The maximum atomic E-state index is 14.1. The molecular weight excluding hydrogens is 265 g/mol. The summed E-state index contributed by atoms with van der Waals surface area (Å²) in [6, 6.07) is 4.33. The molecule has 102 valence electrons. The van der Waals surface area contributed by atoms with Crippen LogP contribution in [-0.4, -0.2) is 12.1 Å². The van der Waals surface area contributed by atoms with Gasteiger partial charge in [0.1, 0.15) is 11.6 Å². The topological polar surface area (TPSA) is 60.2 Å². The van der Waals surface area contributed by atoms with Crippen molar-refractivity contribution in [3.63, 3.8) is 0 Å². The number of halogens is 1. The summed E-state index contributed by atoms with van der Waals surface area (Å²) in [6.45, 7) is 3.81. The molecule has 1 unspecified atom stereocenters. The lowest BCUT2D eigenvalue weighted by Crippen LogP contribution is -2.29. The van der Waals surface area contributed by atoms with Gasteiger partial charge in [-0.1, -0.05) is 6.07 Å². The van der Waals surface area contributed by atoms with Crippen LogP contribution in [0.3, 0.4) is 0 Å². The molecule has 1 aromatic carbocycles. The zero-order valence-electron chi connectivity index (χ0n) is 11.0. The molecule has 2 rings (SSSR count). The molecule has 3 N–H and O–H groups in total. The number of ether oxygens (including phenoxy) is 1. The molecule has 0 fully saturated rings. The van der Waals surface area contributed by atoms with Crippen LogP contribution in [0.4, 0.5) is 4.39 Å². The summed E-state index contributed by atoms with van der Waals surface area (Å²) >= 11 is 1.51. The van der Waals surface area contributed by atoms with Gasteiger partial charge >= 0.3 is 0 Å². The number of benzene rings is 1. The predicted octanol–water partition coefficient (Wildman–Crippen LogP) is 2.46. The van der Waals surface area contributed by atoms with Crippen LogP contribution in [0.1, 0.15) is 27.2 Å². The standard InChI is InChI=1S/C13H16FN3OS/c1-7-13(19-8(2)16-7)12(17-15)10-5-4-9(18-3)6-11(10)14/h4-6,12,17H,15H2,1-3H3. The minimum absolute atomic E-state index is 0.354. The lowest BCUT2D eigenvalue weighted by molar-refractivity contribution is 0.410. The molecule has 0 saturated carbocycles. The second-order valence-electron chi connectivity index (χ2n) is 4.17. The number of nitrogens with one attached hydrogen (secondary N) is 1. The van der Waals surface area contributed by atoms with E-state index in [1.807, 2.05) is 13.8 Å². The number of methoxy groups -OCH3 is 1. The summed E-state index contributed by atoms with van der Waals surface area (Å²) < 4.78 is 19.1. The molecular formula is C13H16FN3OS. The molecule has 0 radical (unpaired) electrons. The van der Waals surface area contributed by atoms with Crippen molar-refractivity contribution in [3.8, 4) is 5.75 Å². The number of rotatable bonds is 4. The molecule has 0 aliphatic carbocycles. The van der Waals surface area contributed by atoms with E-state index < -0.39 is 6.04 Å². The minimum Gasteiger partial charge on any atom is -0.497 e. The molecule has 1 heterocycles. The highest BCUT2D eigenvalue weighted by Gasteiger charge is 2.21. The Morgan fingerprint density at radius 1 is 1.42 bits per heavy atom. The van der Waals surface area contributed by atoms with E-state index in [4.69, 9.17) is 10.6 Å². The monoisotopic (exact) mass is 281 g/mol. The Labute approximate surface area is 115 Å². The maximum absolute atomic E-state index is 14.1. The first-order chi connectivity index (χ1) is 9.06. The third kappa shape index (κ3) is 2.75. The minimum atomic E-state index is -0.405. The lowest BCUT2D eigenvalue weighted by atomic mass is 10.0. The number of hydrazine groups is 1.